The van der Waals surface area contributed by atoms with Crippen LogP contribution in [0.15, 0.2) is 29.2 Å². The van der Waals surface area contributed by atoms with Gasteiger partial charge in [0.25, 0.3) is 0 Å². The normalized spacial score (nSPS) is 15.6. The second kappa shape index (κ2) is 6.11. The van der Waals surface area contributed by atoms with Gasteiger partial charge in [0.05, 0.1) is 4.90 Å². The fourth-order valence-corrected chi connectivity index (χ4v) is 3.49. The summed E-state index contributed by atoms with van der Waals surface area (Å²) < 4.78 is 26.7. The Morgan fingerprint density at radius 1 is 1.30 bits per heavy atom. The Hall–Kier alpha value is -1.11. The van der Waals surface area contributed by atoms with E-state index in [0.29, 0.717) is 17.5 Å². The molecule has 5 nitrogen and oxygen atoms in total. The third kappa shape index (κ3) is 3.71. The molecule has 0 bridgehead atoms. The summed E-state index contributed by atoms with van der Waals surface area (Å²) in [5, 5.41) is 0. The number of hydrogen-bond acceptors (Lipinski definition) is 4. The van der Waals surface area contributed by atoms with Gasteiger partial charge in [0.15, 0.2) is 0 Å². The van der Waals surface area contributed by atoms with E-state index in [1.54, 1.807) is 12.1 Å². The summed E-state index contributed by atoms with van der Waals surface area (Å²) in [7, 11) is -3.41. The molecule has 1 aliphatic rings. The minimum absolute atomic E-state index is 0.111. The van der Waals surface area contributed by atoms with Crippen LogP contribution in [-0.2, 0) is 10.0 Å². The smallest absolute Gasteiger partial charge is 0.240 e. The van der Waals surface area contributed by atoms with Crippen molar-refractivity contribution < 1.29 is 8.42 Å². The molecule has 0 aromatic heterocycles. The van der Waals surface area contributed by atoms with Crippen molar-refractivity contribution in [3.05, 3.63) is 24.3 Å². The summed E-state index contributed by atoms with van der Waals surface area (Å²) in [4.78, 5) is 2.56. The third-order valence-electron chi connectivity index (χ3n) is 3.23. The van der Waals surface area contributed by atoms with Crippen LogP contribution in [0.1, 0.15) is 26.7 Å². The molecule has 1 aliphatic carbocycles. The van der Waals surface area contributed by atoms with Crippen molar-refractivity contribution in [1.29, 1.82) is 0 Å². The molecular weight excluding hydrogens is 274 g/mol. The Labute approximate surface area is 121 Å². The lowest BCUT2D eigenvalue weighted by molar-refractivity contribution is 0.570. The lowest BCUT2D eigenvalue weighted by atomic mass is 10.3. The lowest BCUT2D eigenvalue weighted by Gasteiger charge is -2.24. The highest BCUT2D eigenvalue weighted by atomic mass is 32.2. The molecule has 20 heavy (non-hydrogen) atoms. The van der Waals surface area contributed by atoms with Gasteiger partial charge in [-0.15, -0.1) is 0 Å². The maximum absolute atomic E-state index is 12.1. The zero-order chi connectivity index (χ0) is 14.8. The van der Waals surface area contributed by atoms with Gasteiger partial charge in [-0.2, -0.15) is 0 Å². The standard InChI is InChI=1S/C14H23N3O2S/c1-11(2)16-20(18,19)14-7-5-13(6-8-14)17(10-9-15)12-3-4-12/h5-8,11-12,16H,3-4,9-10,15H2,1-2H3. The molecule has 0 saturated heterocycles. The van der Waals surface area contributed by atoms with Gasteiger partial charge in [0, 0.05) is 30.9 Å². The van der Waals surface area contributed by atoms with E-state index in [9.17, 15) is 8.42 Å². The van der Waals surface area contributed by atoms with Crippen LogP contribution in [0.3, 0.4) is 0 Å². The van der Waals surface area contributed by atoms with Crippen molar-refractivity contribution in [2.75, 3.05) is 18.0 Å². The number of rotatable bonds is 7. The van der Waals surface area contributed by atoms with Crippen LogP contribution >= 0.6 is 0 Å². The second-order valence-electron chi connectivity index (χ2n) is 5.48. The van der Waals surface area contributed by atoms with Gasteiger partial charge >= 0.3 is 0 Å². The van der Waals surface area contributed by atoms with Gasteiger partial charge in [0.2, 0.25) is 10.0 Å². The van der Waals surface area contributed by atoms with Crippen LogP contribution in [0.4, 0.5) is 5.69 Å². The van der Waals surface area contributed by atoms with Crippen LogP contribution in [0.25, 0.3) is 0 Å². The number of nitrogens with two attached hydrogens (primary N) is 1. The van der Waals surface area contributed by atoms with Gasteiger partial charge in [-0.05, 0) is 51.0 Å². The van der Waals surface area contributed by atoms with E-state index in [2.05, 4.69) is 9.62 Å². The summed E-state index contributed by atoms with van der Waals surface area (Å²) in [5.74, 6) is 0. The van der Waals surface area contributed by atoms with Crippen LogP contribution in [0.5, 0.6) is 0 Å². The second-order valence-corrected chi connectivity index (χ2v) is 7.20. The first-order chi connectivity index (χ1) is 9.44. The first-order valence-corrected chi connectivity index (χ1v) is 8.51. The van der Waals surface area contributed by atoms with Gasteiger partial charge in [-0.25, -0.2) is 13.1 Å². The van der Waals surface area contributed by atoms with Crippen LogP contribution in [0, 0.1) is 0 Å². The molecule has 2 rings (SSSR count). The Morgan fingerprint density at radius 2 is 1.90 bits per heavy atom. The Balaban J connectivity index is 2.17. The van der Waals surface area contributed by atoms with E-state index in [4.69, 9.17) is 5.73 Å². The molecule has 0 amide bonds. The largest absolute Gasteiger partial charge is 0.367 e. The summed E-state index contributed by atoms with van der Waals surface area (Å²) in [5.41, 5.74) is 6.68. The van der Waals surface area contributed by atoms with Crippen LogP contribution in [0.2, 0.25) is 0 Å². The predicted molar refractivity (Wildman–Crippen MR) is 81.3 cm³/mol. The van der Waals surface area contributed by atoms with Crippen molar-refractivity contribution in [3.63, 3.8) is 0 Å². The van der Waals surface area contributed by atoms with E-state index in [1.807, 2.05) is 26.0 Å². The topological polar surface area (TPSA) is 75.4 Å². The van der Waals surface area contributed by atoms with Crippen molar-refractivity contribution >= 4 is 15.7 Å². The first-order valence-electron chi connectivity index (χ1n) is 7.03. The molecule has 1 saturated carbocycles. The van der Waals surface area contributed by atoms with Crippen molar-refractivity contribution in [1.82, 2.24) is 4.72 Å². The quantitative estimate of drug-likeness (QED) is 0.795. The first kappa shape index (κ1) is 15.3. The fourth-order valence-electron chi connectivity index (χ4n) is 2.24. The number of nitrogens with zero attached hydrogens (tertiary/aromatic N) is 1. The Morgan fingerprint density at radius 3 is 2.35 bits per heavy atom. The molecule has 1 aromatic carbocycles. The highest BCUT2D eigenvalue weighted by molar-refractivity contribution is 7.89. The summed E-state index contributed by atoms with van der Waals surface area (Å²) in [6.07, 6.45) is 2.38. The monoisotopic (exact) mass is 297 g/mol. The summed E-state index contributed by atoms with van der Waals surface area (Å²) >= 11 is 0. The van der Waals surface area contributed by atoms with Gasteiger partial charge < -0.3 is 10.6 Å². The minimum Gasteiger partial charge on any atom is -0.367 e. The molecule has 112 valence electrons. The molecule has 1 aromatic rings. The van der Waals surface area contributed by atoms with Crippen molar-refractivity contribution in [2.45, 2.75) is 43.7 Å². The van der Waals surface area contributed by atoms with Gasteiger partial charge in [-0.3, -0.25) is 0 Å². The maximum Gasteiger partial charge on any atom is 0.240 e. The Kier molecular flexibility index (Phi) is 4.67. The highest BCUT2D eigenvalue weighted by Crippen LogP contribution is 2.31. The molecule has 3 N–H and O–H groups in total. The maximum atomic E-state index is 12.1. The zero-order valence-electron chi connectivity index (χ0n) is 12.0. The SMILES string of the molecule is CC(C)NS(=O)(=O)c1ccc(N(CCN)C2CC2)cc1. The van der Waals surface area contributed by atoms with Crippen LogP contribution < -0.4 is 15.4 Å². The van der Waals surface area contributed by atoms with E-state index >= 15 is 0 Å². The van der Waals surface area contributed by atoms with Gasteiger partial charge in [-0.1, -0.05) is 0 Å². The number of benzene rings is 1. The molecule has 0 unspecified atom stereocenters. The molecule has 0 heterocycles. The number of nitrogens with one attached hydrogen (secondary N) is 1. The molecular formula is C14H23N3O2S. The van der Waals surface area contributed by atoms with Crippen molar-refractivity contribution in [2.24, 2.45) is 5.73 Å². The predicted octanol–water partition coefficient (Wildman–Crippen LogP) is 1.30. The molecule has 0 atom stereocenters. The average molecular weight is 297 g/mol. The summed E-state index contributed by atoms with van der Waals surface area (Å²) in [6, 6.07) is 7.50. The van der Waals surface area contributed by atoms with Gasteiger partial charge in [0.1, 0.15) is 0 Å². The summed E-state index contributed by atoms with van der Waals surface area (Å²) in [6.45, 7) is 5.02. The third-order valence-corrected chi connectivity index (χ3v) is 4.90. The number of sulfonamides is 1. The van der Waals surface area contributed by atoms with E-state index in [0.717, 1.165) is 12.2 Å². The van der Waals surface area contributed by atoms with E-state index in [-0.39, 0.29) is 6.04 Å². The average Bonchev–Trinajstić information content (AvgIpc) is 3.19. The Bertz CT molecular complexity index is 536. The molecule has 1 fully saturated rings. The van der Waals surface area contributed by atoms with Crippen molar-refractivity contribution in [3.8, 4) is 0 Å². The molecule has 6 heteroatoms. The van der Waals surface area contributed by atoms with Crippen LogP contribution in [-0.4, -0.2) is 33.6 Å². The molecule has 0 spiro atoms. The minimum atomic E-state index is -3.41. The molecule has 0 radical (unpaired) electrons. The molecule has 0 aliphatic heterocycles. The number of anilines is 1. The lowest BCUT2D eigenvalue weighted by Crippen LogP contribution is -2.32. The van der Waals surface area contributed by atoms with E-state index in [1.165, 1.54) is 12.8 Å². The highest BCUT2D eigenvalue weighted by Gasteiger charge is 2.28. The van der Waals surface area contributed by atoms with E-state index < -0.39 is 10.0 Å². The zero-order valence-corrected chi connectivity index (χ0v) is 12.9. The number of hydrogen-bond donors (Lipinski definition) is 2. The fraction of sp³-hybridized carbons (Fsp3) is 0.571.